The highest BCUT2D eigenvalue weighted by Gasteiger charge is 2.38. The summed E-state index contributed by atoms with van der Waals surface area (Å²) in [6.07, 6.45) is -4.25. The van der Waals surface area contributed by atoms with Crippen LogP contribution in [0.3, 0.4) is 0 Å². The lowest BCUT2D eigenvalue weighted by molar-refractivity contribution is -0.0925. The highest BCUT2D eigenvalue weighted by molar-refractivity contribution is 6.74. The lowest BCUT2D eigenvalue weighted by Crippen LogP contribution is -2.41. The van der Waals surface area contributed by atoms with E-state index in [2.05, 4.69) is 20.8 Å². The van der Waals surface area contributed by atoms with E-state index in [9.17, 15) is 13.2 Å². The fourth-order valence-corrected chi connectivity index (χ4v) is 1.87. The molecule has 0 unspecified atom stereocenters. The van der Waals surface area contributed by atoms with Crippen molar-refractivity contribution < 1.29 is 17.6 Å². The topological polar surface area (TPSA) is 9.23 Å². The van der Waals surface area contributed by atoms with E-state index in [1.54, 1.807) is 0 Å². The number of halogens is 3. The fourth-order valence-electron chi connectivity index (χ4n) is 0.855. The van der Waals surface area contributed by atoms with E-state index in [-0.39, 0.29) is 17.2 Å². The van der Waals surface area contributed by atoms with E-state index in [4.69, 9.17) is 4.43 Å². The van der Waals surface area contributed by atoms with Gasteiger partial charge in [-0.2, -0.15) is 13.2 Å². The molecule has 0 saturated heterocycles. The van der Waals surface area contributed by atoms with Crippen molar-refractivity contribution in [1.82, 2.24) is 0 Å². The summed E-state index contributed by atoms with van der Waals surface area (Å²) in [4.78, 5) is 0. The second-order valence-corrected chi connectivity index (χ2v) is 10.8. The Hall–Kier alpha value is -0.293. The van der Waals surface area contributed by atoms with Crippen LogP contribution in [0.15, 0.2) is 11.1 Å². The van der Waals surface area contributed by atoms with Gasteiger partial charge in [0.2, 0.25) is 0 Å². The molecule has 0 aliphatic heterocycles. The van der Waals surface area contributed by atoms with Gasteiger partial charge in [-0.05, 0) is 37.6 Å². The largest absolute Gasteiger partial charge is 0.413 e. The molecular weight excluding hydrogens is 245 g/mol. The third-order valence-electron chi connectivity index (χ3n) is 3.52. The van der Waals surface area contributed by atoms with Gasteiger partial charge in [0, 0.05) is 5.57 Å². The number of alkyl halides is 3. The molecule has 0 heterocycles. The van der Waals surface area contributed by atoms with Crippen LogP contribution in [0.4, 0.5) is 13.2 Å². The van der Waals surface area contributed by atoms with Crippen LogP contribution in [0.25, 0.3) is 0 Å². The van der Waals surface area contributed by atoms with Crippen LogP contribution in [-0.2, 0) is 4.43 Å². The first kappa shape index (κ1) is 16.7. The Kier molecular flexibility index (Phi) is 5.05. The summed E-state index contributed by atoms with van der Waals surface area (Å²) in [5.41, 5.74) is -0.279. The normalized spacial score (nSPS) is 15.9. The molecule has 0 aromatic rings. The third kappa shape index (κ3) is 4.83. The molecule has 0 fully saturated rings. The minimum Gasteiger partial charge on any atom is -0.413 e. The molecule has 0 radical (unpaired) electrons. The summed E-state index contributed by atoms with van der Waals surface area (Å²) >= 11 is 0. The quantitative estimate of drug-likeness (QED) is 0.522. The number of hydrogen-bond donors (Lipinski definition) is 0. The summed E-state index contributed by atoms with van der Waals surface area (Å²) < 4.78 is 43.1. The van der Waals surface area contributed by atoms with Gasteiger partial charge in [0.1, 0.15) is 0 Å². The molecule has 0 aromatic carbocycles. The zero-order valence-electron chi connectivity index (χ0n) is 11.7. The maximum atomic E-state index is 12.5. The summed E-state index contributed by atoms with van der Waals surface area (Å²) in [7, 11) is -1.97. The van der Waals surface area contributed by atoms with Gasteiger partial charge >= 0.3 is 6.18 Å². The van der Waals surface area contributed by atoms with E-state index in [1.807, 2.05) is 13.1 Å². The predicted octanol–water partition coefficient (Wildman–Crippen LogP) is 4.91. The Bertz CT molecular complexity index is 298. The lowest BCUT2D eigenvalue weighted by Gasteiger charge is -2.36. The number of rotatable bonds is 3. The number of allylic oxidation sites excluding steroid dienone is 1. The summed E-state index contributed by atoms with van der Waals surface area (Å²) in [6, 6.07) is 0. The standard InChI is InChI=1S/C12H23F3OSi/c1-9(10(2)12(13,14)15)8-16-17(6,7)11(3,4)5/h8H2,1-7H3/b10-9-. The van der Waals surface area contributed by atoms with Gasteiger partial charge in [-0.1, -0.05) is 20.8 Å². The summed E-state index contributed by atoms with van der Waals surface area (Å²) in [5.74, 6) is 0. The maximum Gasteiger partial charge on any atom is 0.412 e. The van der Waals surface area contributed by atoms with Crippen molar-refractivity contribution in [3.63, 3.8) is 0 Å². The van der Waals surface area contributed by atoms with E-state index in [0.29, 0.717) is 0 Å². The molecule has 5 heteroatoms. The molecular formula is C12H23F3OSi. The highest BCUT2D eigenvalue weighted by Crippen LogP contribution is 2.37. The van der Waals surface area contributed by atoms with E-state index in [0.717, 1.165) is 6.92 Å². The van der Waals surface area contributed by atoms with Crippen molar-refractivity contribution in [2.24, 2.45) is 0 Å². The molecule has 0 saturated carbocycles. The molecule has 0 rings (SSSR count). The third-order valence-corrected chi connectivity index (χ3v) is 8.00. The van der Waals surface area contributed by atoms with Gasteiger partial charge in [-0.25, -0.2) is 0 Å². The van der Waals surface area contributed by atoms with Crippen molar-refractivity contribution in [3.8, 4) is 0 Å². The summed E-state index contributed by atoms with van der Waals surface area (Å²) in [5, 5.41) is 0.0133. The van der Waals surface area contributed by atoms with Crippen LogP contribution in [0, 0.1) is 0 Å². The number of hydrogen-bond acceptors (Lipinski definition) is 1. The molecule has 0 spiro atoms. The minimum atomic E-state index is -4.25. The first-order valence-electron chi connectivity index (χ1n) is 5.66. The van der Waals surface area contributed by atoms with Gasteiger partial charge in [0.25, 0.3) is 0 Å². The summed E-state index contributed by atoms with van der Waals surface area (Å²) in [6.45, 7) is 12.9. The van der Waals surface area contributed by atoms with Crippen LogP contribution in [0.1, 0.15) is 34.6 Å². The van der Waals surface area contributed by atoms with Crippen molar-refractivity contribution in [1.29, 1.82) is 0 Å². The predicted molar refractivity (Wildman–Crippen MR) is 67.6 cm³/mol. The molecule has 0 aliphatic carbocycles. The van der Waals surface area contributed by atoms with E-state index in [1.165, 1.54) is 6.92 Å². The zero-order chi connectivity index (χ0) is 14.1. The fraction of sp³-hybridized carbons (Fsp3) is 0.833. The van der Waals surface area contributed by atoms with Crippen molar-refractivity contribution >= 4 is 8.32 Å². The monoisotopic (exact) mass is 268 g/mol. The van der Waals surface area contributed by atoms with Crippen LogP contribution in [-0.4, -0.2) is 21.1 Å². The minimum absolute atomic E-state index is 0.0133. The van der Waals surface area contributed by atoms with Crippen LogP contribution in [0.2, 0.25) is 18.1 Å². The first-order chi connectivity index (χ1) is 7.29. The molecule has 0 bridgehead atoms. The maximum absolute atomic E-state index is 12.5. The second-order valence-electron chi connectivity index (χ2n) is 5.95. The molecule has 17 heavy (non-hydrogen) atoms. The van der Waals surface area contributed by atoms with Gasteiger partial charge in [0.15, 0.2) is 8.32 Å². The van der Waals surface area contributed by atoms with Crippen LogP contribution < -0.4 is 0 Å². The van der Waals surface area contributed by atoms with Gasteiger partial charge in [-0.3, -0.25) is 0 Å². The molecule has 102 valence electrons. The Morgan fingerprint density at radius 1 is 1.06 bits per heavy atom. The molecule has 0 amide bonds. The second kappa shape index (κ2) is 5.14. The Balaban J connectivity index is 4.71. The van der Waals surface area contributed by atoms with Gasteiger partial charge in [-0.15, -0.1) is 0 Å². The zero-order valence-corrected chi connectivity index (χ0v) is 12.7. The first-order valence-corrected chi connectivity index (χ1v) is 8.57. The van der Waals surface area contributed by atoms with Crippen molar-refractivity contribution in [3.05, 3.63) is 11.1 Å². The molecule has 0 N–H and O–H groups in total. The Morgan fingerprint density at radius 2 is 1.47 bits per heavy atom. The smallest absolute Gasteiger partial charge is 0.412 e. The molecule has 0 aromatic heterocycles. The Morgan fingerprint density at radius 3 is 1.76 bits per heavy atom. The SMILES string of the molecule is C/C(CO[Si](C)(C)C(C)(C)C)=C(\C)C(F)(F)F. The molecule has 0 aliphatic rings. The van der Waals surface area contributed by atoms with Crippen molar-refractivity contribution in [2.45, 2.75) is 58.9 Å². The highest BCUT2D eigenvalue weighted by atomic mass is 28.4. The average molecular weight is 268 g/mol. The average Bonchev–Trinajstić information content (AvgIpc) is 2.09. The molecule has 1 nitrogen and oxygen atoms in total. The van der Waals surface area contributed by atoms with Crippen molar-refractivity contribution in [2.75, 3.05) is 6.61 Å². The van der Waals surface area contributed by atoms with Crippen LogP contribution >= 0.6 is 0 Å². The molecule has 0 atom stereocenters. The van der Waals surface area contributed by atoms with E-state index >= 15 is 0 Å². The Labute approximate surface area is 103 Å². The van der Waals surface area contributed by atoms with Gasteiger partial charge < -0.3 is 4.43 Å². The van der Waals surface area contributed by atoms with Crippen LogP contribution in [0.5, 0.6) is 0 Å². The van der Waals surface area contributed by atoms with E-state index < -0.39 is 20.1 Å². The lowest BCUT2D eigenvalue weighted by atomic mass is 10.1. The van der Waals surface area contributed by atoms with Gasteiger partial charge in [0.05, 0.1) is 6.61 Å².